The van der Waals surface area contributed by atoms with Gasteiger partial charge in [-0.2, -0.15) is 0 Å². The van der Waals surface area contributed by atoms with Crippen LogP contribution in [0.25, 0.3) is 0 Å². The SMILES string of the molecule is CCCCCCC=CC(CCC)CCCCCCCC. The summed E-state index contributed by atoms with van der Waals surface area (Å²) >= 11 is 0. The van der Waals surface area contributed by atoms with Crippen LogP contribution in [0.4, 0.5) is 0 Å². The van der Waals surface area contributed by atoms with E-state index in [1.807, 2.05) is 0 Å². The topological polar surface area (TPSA) is 0 Å². The van der Waals surface area contributed by atoms with Gasteiger partial charge in [0.1, 0.15) is 0 Å². The maximum Gasteiger partial charge on any atom is -0.0234 e. The summed E-state index contributed by atoms with van der Waals surface area (Å²) in [7, 11) is 0. The molecule has 0 nitrogen and oxygen atoms in total. The average Bonchev–Trinajstić information content (AvgIpc) is 2.46. The summed E-state index contributed by atoms with van der Waals surface area (Å²) in [4.78, 5) is 0. The first-order chi connectivity index (χ1) is 9.85. The summed E-state index contributed by atoms with van der Waals surface area (Å²) < 4.78 is 0. The first-order valence-electron chi connectivity index (χ1n) is 9.51. The van der Waals surface area contributed by atoms with Gasteiger partial charge in [-0.1, -0.05) is 97.1 Å². The molecule has 0 aromatic carbocycles. The van der Waals surface area contributed by atoms with E-state index in [-0.39, 0.29) is 0 Å². The summed E-state index contributed by atoms with van der Waals surface area (Å²) in [6, 6.07) is 0. The number of unbranched alkanes of at least 4 members (excludes halogenated alkanes) is 9. The van der Waals surface area contributed by atoms with Gasteiger partial charge in [0.15, 0.2) is 0 Å². The van der Waals surface area contributed by atoms with Crippen molar-refractivity contribution in [2.24, 2.45) is 5.92 Å². The molecule has 120 valence electrons. The van der Waals surface area contributed by atoms with Crippen LogP contribution in [-0.2, 0) is 0 Å². The van der Waals surface area contributed by atoms with Gasteiger partial charge in [0.2, 0.25) is 0 Å². The highest BCUT2D eigenvalue weighted by atomic mass is 14.1. The minimum absolute atomic E-state index is 0.859. The van der Waals surface area contributed by atoms with Crippen LogP contribution in [0.2, 0.25) is 0 Å². The Hall–Kier alpha value is -0.260. The second-order valence-electron chi connectivity index (χ2n) is 6.38. The Morgan fingerprint density at radius 3 is 1.85 bits per heavy atom. The third-order valence-corrected chi connectivity index (χ3v) is 4.22. The van der Waals surface area contributed by atoms with Crippen molar-refractivity contribution in [3.63, 3.8) is 0 Å². The number of rotatable bonds is 15. The quantitative estimate of drug-likeness (QED) is 0.213. The van der Waals surface area contributed by atoms with E-state index >= 15 is 0 Å². The summed E-state index contributed by atoms with van der Waals surface area (Å²) in [5, 5.41) is 0. The van der Waals surface area contributed by atoms with Crippen LogP contribution in [-0.4, -0.2) is 0 Å². The molecule has 1 atom stereocenters. The van der Waals surface area contributed by atoms with Crippen LogP contribution in [0.1, 0.15) is 111 Å². The Balaban J connectivity index is 3.61. The minimum Gasteiger partial charge on any atom is -0.0883 e. The molecule has 0 bridgehead atoms. The third-order valence-electron chi connectivity index (χ3n) is 4.22. The summed E-state index contributed by atoms with van der Waals surface area (Å²) in [6.07, 6.45) is 24.6. The maximum atomic E-state index is 2.53. The van der Waals surface area contributed by atoms with Crippen LogP contribution >= 0.6 is 0 Å². The van der Waals surface area contributed by atoms with E-state index in [0.717, 1.165) is 5.92 Å². The van der Waals surface area contributed by atoms with Gasteiger partial charge in [0.25, 0.3) is 0 Å². The molecule has 0 aromatic heterocycles. The predicted octanol–water partition coefficient (Wildman–Crippen LogP) is 7.68. The number of allylic oxidation sites excluding steroid dienone is 2. The van der Waals surface area contributed by atoms with Crippen LogP contribution in [0.3, 0.4) is 0 Å². The van der Waals surface area contributed by atoms with Crippen LogP contribution in [0.15, 0.2) is 12.2 Å². The van der Waals surface area contributed by atoms with Gasteiger partial charge in [-0.3, -0.25) is 0 Å². The Kier molecular flexibility index (Phi) is 16.6. The molecule has 0 aliphatic rings. The number of hydrogen-bond donors (Lipinski definition) is 0. The van der Waals surface area contributed by atoms with Crippen molar-refractivity contribution in [3.8, 4) is 0 Å². The Labute approximate surface area is 129 Å². The molecule has 0 aromatic rings. The molecule has 0 amide bonds. The number of hydrogen-bond acceptors (Lipinski definition) is 0. The highest BCUT2D eigenvalue weighted by molar-refractivity contribution is 4.88. The highest BCUT2D eigenvalue weighted by Gasteiger charge is 2.03. The van der Waals surface area contributed by atoms with E-state index in [2.05, 4.69) is 32.9 Å². The summed E-state index contributed by atoms with van der Waals surface area (Å²) in [5.74, 6) is 0.859. The molecule has 0 spiro atoms. The first kappa shape index (κ1) is 19.7. The van der Waals surface area contributed by atoms with Gasteiger partial charge < -0.3 is 0 Å². The van der Waals surface area contributed by atoms with Gasteiger partial charge in [0, 0.05) is 0 Å². The molecule has 0 aliphatic carbocycles. The van der Waals surface area contributed by atoms with Crippen molar-refractivity contribution in [1.29, 1.82) is 0 Å². The average molecular weight is 281 g/mol. The fourth-order valence-electron chi connectivity index (χ4n) is 2.87. The lowest BCUT2D eigenvalue weighted by atomic mass is 9.95. The Morgan fingerprint density at radius 2 is 1.20 bits per heavy atom. The Morgan fingerprint density at radius 1 is 0.600 bits per heavy atom. The highest BCUT2D eigenvalue weighted by Crippen LogP contribution is 2.18. The lowest BCUT2D eigenvalue weighted by Gasteiger charge is -2.11. The molecule has 0 rings (SSSR count). The minimum atomic E-state index is 0.859. The second kappa shape index (κ2) is 16.8. The van der Waals surface area contributed by atoms with Crippen molar-refractivity contribution in [3.05, 3.63) is 12.2 Å². The predicted molar refractivity (Wildman–Crippen MR) is 94.3 cm³/mol. The van der Waals surface area contributed by atoms with E-state index in [0.29, 0.717) is 0 Å². The summed E-state index contributed by atoms with van der Waals surface area (Å²) in [6.45, 7) is 6.90. The first-order valence-corrected chi connectivity index (χ1v) is 9.51. The van der Waals surface area contributed by atoms with Gasteiger partial charge in [0.05, 0.1) is 0 Å². The molecule has 0 heterocycles. The van der Waals surface area contributed by atoms with Crippen molar-refractivity contribution >= 4 is 0 Å². The third kappa shape index (κ3) is 14.2. The normalized spacial score (nSPS) is 13.2. The zero-order chi connectivity index (χ0) is 14.9. The van der Waals surface area contributed by atoms with E-state index in [4.69, 9.17) is 0 Å². The molecule has 0 saturated carbocycles. The van der Waals surface area contributed by atoms with Crippen molar-refractivity contribution in [2.75, 3.05) is 0 Å². The van der Waals surface area contributed by atoms with Gasteiger partial charge >= 0.3 is 0 Å². The lowest BCUT2D eigenvalue weighted by molar-refractivity contribution is 0.488. The molecule has 20 heavy (non-hydrogen) atoms. The van der Waals surface area contributed by atoms with E-state index < -0.39 is 0 Å². The molecule has 0 aliphatic heterocycles. The molecular weight excluding hydrogens is 240 g/mol. The van der Waals surface area contributed by atoms with E-state index in [1.165, 1.54) is 89.9 Å². The molecule has 1 unspecified atom stereocenters. The van der Waals surface area contributed by atoms with Crippen LogP contribution in [0.5, 0.6) is 0 Å². The molecule has 0 saturated heterocycles. The van der Waals surface area contributed by atoms with Crippen molar-refractivity contribution in [1.82, 2.24) is 0 Å². The zero-order valence-electron chi connectivity index (χ0n) is 14.6. The van der Waals surface area contributed by atoms with E-state index in [1.54, 1.807) is 0 Å². The Bertz CT molecular complexity index is 192. The molecule has 0 N–H and O–H groups in total. The molecule has 0 heteroatoms. The maximum absolute atomic E-state index is 2.53. The summed E-state index contributed by atoms with van der Waals surface area (Å²) in [5.41, 5.74) is 0. The molecule has 0 radical (unpaired) electrons. The second-order valence-corrected chi connectivity index (χ2v) is 6.38. The monoisotopic (exact) mass is 280 g/mol. The standard InChI is InChI=1S/C20H40/c1-4-7-9-11-13-15-18-20(17-6-3)19-16-14-12-10-8-5-2/h15,18,20H,4-14,16-17,19H2,1-3H3. The fraction of sp³-hybridized carbons (Fsp3) is 0.900. The lowest BCUT2D eigenvalue weighted by Crippen LogP contribution is -1.96. The largest absolute Gasteiger partial charge is 0.0883 e. The molecular formula is C20H40. The van der Waals surface area contributed by atoms with Gasteiger partial charge in [-0.05, 0) is 31.6 Å². The van der Waals surface area contributed by atoms with E-state index in [9.17, 15) is 0 Å². The van der Waals surface area contributed by atoms with Crippen molar-refractivity contribution < 1.29 is 0 Å². The van der Waals surface area contributed by atoms with Crippen molar-refractivity contribution in [2.45, 2.75) is 111 Å². The van der Waals surface area contributed by atoms with Gasteiger partial charge in [-0.25, -0.2) is 0 Å². The zero-order valence-corrected chi connectivity index (χ0v) is 14.6. The fourth-order valence-corrected chi connectivity index (χ4v) is 2.87. The van der Waals surface area contributed by atoms with Gasteiger partial charge in [-0.15, -0.1) is 0 Å². The molecule has 0 fully saturated rings. The smallest absolute Gasteiger partial charge is 0.0234 e. The van der Waals surface area contributed by atoms with Crippen LogP contribution in [0, 0.1) is 5.92 Å². The van der Waals surface area contributed by atoms with Crippen LogP contribution < -0.4 is 0 Å².